The van der Waals surface area contributed by atoms with Crippen LogP contribution < -0.4 is 0 Å². The Bertz CT molecular complexity index is 466. The maximum absolute atomic E-state index is 11.8. The summed E-state index contributed by atoms with van der Waals surface area (Å²) in [6.45, 7) is 0. The molecule has 0 radical (unpaired) electrons. The Morgan fingerprint density at radius 3 is 2.75 bits per heavy atom. The highest BCUT2D eigenvalue weighted by atomic mass is 35.5. The molecular weight excluding hydrogens is 268 g/mol. The van der Waals surface area contributed by atoms with Gasteiger partial charge < -0.3 is 5.11 Å². The minimum atomic E-state index is -3.15. The van der Waals surface area contributed by atoms with Crippen molar-refractivity contribution in [3.05, 3.63) is 21.3 Å². The van der Waals surface area contributed by atoms with Gasteiger partial charge in [0.05, 0.1) is 15.3 Å². The van der Waals surface area contributed by atoms with Crippen LogP contribution in [0.1, 0.15) is 30.2 Å². The van der Waals surface area contributed by atoms with Crippen molar-refractivity contribution in [3.63, 3.8) is 0 Å². The van der Waals surface area contributed by atoms with Crippen LogP contribution in [0.15, 0.2) is 12.1 Å². The van der Waals surface area contributed by atoms with Crippen LogP contribution in [-0.4, -0.2) is 24.5 Å². The number of rotatable bonds is 2. The molecule has 0 aliphatic carbocycles. The van der Waals surface area contributed by atoms with Crippen molar-refractivity contribution in [2.45, 2.75) is 30.6 Å². The van der Waals surface area contributed by atoms with Crippen LogP contribution >= 0.6 is 22.9 Å². The highest BCUT2D eigenvalue weighted by Gasteiger charge is 2.35. The zero-order chi connectivity index (χ0) is 11.8. The predicted molar refractivity (Wildman–Crippen MR) is 65.7 cm³/mol. The smallest absolute Gasteiger partial charge is 0.156 e. The standard InChI is InChI=1S/C10H13ClO3S2/c11-9-5-4-7(15-9)10(12)8-3-1-2-6-16(8,13)14/h4-5,8,10,12H,1-3,6H2. The summed E-state index contributed by atoms with van der Waals surface area (Å²) in [7, 11) is -3.15. The Morgan fingerprint density at radius 2 is 2.19 bits per heavy atom. The van der Waals surface area contributed by atoms with E-state index in [0.717, 1.165) is 6.42 Å². The molecule has 2 unspecified atom stereocenters. The van der Waals surface area contributed by atoms with E-state index in [1.54, 1.807) is 12.1 Å². The Balaban J connectivity index is 2.24. The fourth-order valence-electron chi connectivity index (χ4n) is 2.00. The molecule has 3 nitrogen and oxygen atoms in total. The van der Waals surface area contributed by atoms with E-state index in [9.17, 15) is 13.5 Å². The van der Waals surface area contributed by atoms with Crippen molar-refractivity contribution in [1.29, 1.82) is 0 Å². The molecule has 1 aromatic heterocycles. The summed E-state index contributed by atoms with van der Waals surface area (Å²) in [4.78, 5) is 0.639. The quantitative estimate of drug-likeness (QED) is 0.905. The molecule has 0 aromatic carbocycles. The molecule has 0 saturated carbocycles. The fraction of sp³-hybridized carbons (Fsp3) is 0.600. The number of aliphatic hydroxyl groups is 1. The van der Waals surface area contributed by atoms with Crippen LogP contribution in [0.3, 0.4) is 0 Å². The molecule has 0 spiro atoms. The topological polar surface area (TPSA) is 54.4 Å². The van der Waals surface area contributed by atoms with Crippen molar-refractivity contribution >= 4 is 32.8 Å². The molecule has 1 fully saturated rings. The number of thiophene rings is 1. The minimum Gasteiger partial charge on any atom is -0.386 e. The van der Waals surface area contributed by atoms with Gasteiger partial charge in [-0.15, -0.1) is 11.3 Å². The lowest BCUT2D eigenvalue weighted by atomic mass is 10.1. The van der Waals surface area contributed by atoms with E-state index in [-0.39, 0.29) is 5.75 Å². The van der Waals surface area contributed by atoms with Gasteiger partial charge in [-0.05, 0) is 25.0 Å². The first kappa shape index (κ1) is 12.4. The average molecular weight is 281 g/mol. The number of sulfone groups is 1. The number of hydrogen-bond acceptors (Lipinski definition) is 4. The van der Waals surface area contributed by atoms with Crippen molar-refractivity contribution in [2.24, 2.45) is 0 Å². The average Bonchev–Trinajstić information content (AvgIpc) is 2.63. The van der Waals surface area contributed by atoms with Crippen molar-refractivity contribution in [3.8, 4) is 0 Å². The van der Waals surface area contributed by atoms with Crippen LogP contribution in [0.4, 0.5) is 0 Å². The first-order chi connectivity index (χ1) is 7.50. The van der Waals surface area contributed by atoms with Crippen molar-refractivity contribution < 1.29 is 13.5 Å². The zero-order valence-corrected chi connectivity index (χ0v) is 11.0. The van der Waals surface area contributed by atoms with E-state index in [1.165, 1.54) is 11.3 Å². The SMILES string of the molecule is O=S1(=O)CCCCC1C(O)c1ccc(Cl)s1. The molecule has 1 aliphatic rings. The van der Waals surface area contributed by atoms with E-state index in [4.69, 9.17) is 11.6 Å². The van der Waals surface area contributed by atoms with Gasteiger partial charge in [0, 0.05) is 4.88 Å². The van der Waals surface area contributed by atoms with E-state index < -0.39 is 21.2 Å². The van der Waals surface area contributed by atoms with Crippen molar-refractivity contribution in [1.82, 2.24) is 0 Å². The number of hydrogen-bond donors (Lipinski definition) is 1. The summed E-state index contributed by atoms with van der Waals surface area (Å²) >= 11 is 7.01. The molecular formula is C10H13ClO3S2. The summed E-state index contributed by atoms with van der Waals surface area (Å²) in [6, 6.07) is 3.38. The molecule has 1 N–H and O–H groups in total. The molecule has 0 amide bonds. The van der Waals surface area contributed by atoms with Crippen molar-refractivity contribution in [2.75, 3.05) is 5.75 Å². The maximum Gasteiger partial charge on any atom is 0.156 e. The van der Waals surface area contributed by atoms with Gasteiger partial charge in [0.1, 0.15) is 6.10 Å². The van der Waals surface area contributed by atoms with Gasteiger partial charge in [0.25, 0.3) is 0 Å². The van der Waals surface area contributed by atoms with Gasteiger partial charge in [-0.3, -0.25) is 0 Å². The van der Waals surface area contributed by atoms with Gasteiger partial charge in [0.2, 0.25) is 0 Å². The molecule has 6 heteroatoms. The Kier molecular flexibility index (Phi) is 3.59. The summed E-state index contributed by atoms with van der Waals surface area (Å²) in [6.07, 6.45) is 1.18. The molecule has 1 saturated heterocycles. The third-order valence-electron chi connectivity index (χ3n) is 2.87. The minimum absolute atomic E-state index is 0.188. The lowest BCUT2D eigenvalue weighted by molar-refractivity contribution is 0.168. The lowest BCUT2D eigenvalue weighted by Crippen LogP contribution is -2.33. The fourth-order valence-corrected chi connectivity index (χ4v) is 5.18. The van der Waals surface area contributed by atoms with E-state index in [1.807, 2.05) is 0 Å². The number of aliphatic hydroxyl groups excluding tert-OH is 1. The van der Waals surface area contributed by atoms with Gasteiger partial charge in [-0.1, -0.05) is 18.0 Å². The van der Waals surface area contributed by atoms with E-state index >= 15 is 0 Å². The third kappa shape index (κ3) is 2.42. The van der Waals surface area contributed by atoms with Crippen LogP contribution in [-0.2, 0) is 9.84 Å². The molecule has 90 valence electrons. The molecule has 2 heterocycles. The maximum atomic E-state index is 11.8. The predicted octanol–water partition coefficient (Wildman–Crippen LogP) is 2.40. The Morgan fingerprint density at radius 1 is 1.44 bits per heavy atom. The normalized spacial score (nSPS) is 26.5. The second-order valence-corrected chi connectivity index (χ2v) is 8.07. The van der Waals surface area contributed by atoms with Crippen LogP contribution in [0.5, 0.6) is 0 Å². The Hall–Kier alpha value is -0.100. The molecule has 0 bridgehead atoms. The van der Waals surface area contributed by atoms with Crippen LogP contribution in [0.2, 0.25) is 4.34 Å². The van der Waals surface area contributed by atoms with Gasteiger partial charge in [0.15, 0.2) is 9.84 Å². The van der Waals surface area contributed by atoms with Gasteiger partial charge >= 0.3 is 0 Å². The number of halogens is 1. The second kappa shape index (κ2) is 4.64. The molecule has 2 atom stereocenters. The molecule has 2 rings (SSSR count). The zero-order valence-electron chi connectivity index (χ0n) is 8.60. The van der Waals surface area contributed by atoms with E-state index in [0.29, 0.717) is 22.1 Å². The summed E-state index contributed by atoms with van der Waals surface area (Å²) in [5.74, 6) is 0.188. The Labute approximate surface area is 104 Å². The van der Waals surface area contributed by atoms with Gasteiger partial charge in [-0.25, -0.2) is 8.42 Å². The third-order valence-corrected chi connectivity index (χ3v) is 6.44. The second-order valence-electron chi connectivity index (χ2n) is 3.99. The van der Waals surface area contributed by atoms with Crippen LogP contribution in [0.25, 0.3) is 0 Å². The largest absolute Gasteiger partial charge is 0.386 e. The first-order valence-electron chi connectivity index (χ1n) is 5.15. The summed E-state index contributed by atoms with van der Waals surface area (Å²) in [5, 5.41) is 9.41. The van der Waals surface area contributed by atoms with Crippen LogP contribution in [0, 0.1) is 0 Å². The molecule has 1 aliphatic heterocycles. The summed E-state index contributed by atoms with van der Waals surface area (Å²) < 4.78 is 24.2. The van der Waals surface area contributed by atoms with E-state index in [2.05, 4.69) is 0 Å². The molecule has 1 aromatic rings. The summed E-state index contributed by atoms with van der Waals surface area (Å²) in [5.41, 5.74) is 0. The molecule has 16 heavy (non-hydrogen) atoms. The highest BCUT2D eigenvalue weighted by Crippen LogP contribution is 2.35. The first-order valence-corrected chi connectivity index (χ1v) is 8.06. The van der Waals surface area contributed by atoms with Gasteiger partial charge in [-0.2, -0.15) is 0 Å². The highest BCUT2D eigenvalue weighted by molar-refractivity contribution is 7.92. The lowest BCUT2D eigenvalue weighted by Gasteiger charge is -2.25. The monoisotopic (exact) mass is 280 g/mol.